The molecule has 1 saturated heterocycles. The summed E-state index contributed by atoms with van der Waals surface area (Å²) in [4.78, 5) is 2.08. The molecule has 2 N–H and O–H groups in total. The Hall–Kier alpha value is -0.260. The molecular weight excluding hydrogens is 228 g/mol. The molecule has 17 heavy (non-hydrogen) atoms. The smallest absolute Gasteiger partial charge is 0.248 e. The predicted octanol–water partition coefficient (Wildman–Crippen LogP) is 1.24. The van der Waals surface area contributed by atoms with Crippen molar-refractivity contribution in [2.24, 2.45) is 5.41 Å². The van der Waals surface area contributed by atoms with Gasteiger partial charge in [-0.2, -0.15) is 0 Å². The first kappa shape index (κ1) is 13.2. The Morgan fingerprint density at radius 3 is 2.12 bits per heavy atom. The van der Waals surface area contributed by atoms with Crippen molar-refractivity contribution in [1.82, 2.24) is 4.90 Å². The van der Waals surface area contributed by atoms with Gasteiger partial charge in [0.2, 0.25) is 5.92 Å². The SMILES string of the molecule is CN1CCC(O)(C2(CO)CCC(F)(F)C2)CC1. The van der Waals surface area contributed by atoms with Crippen molar-refractivity contribution in [2.75, 3.05) is 26.7 Å². The largest absolute Gasteiger partial charge is 0.396 e. The molecule has 0 amide bonds. The highest BCUT2D eigenvalue weighted by molar-refractivity contribution is 5.07. The maximum atomic E-state index is 13.4. The topological polar surface area (TPSA) is 43.7 Å². The van der Waals surface area contributed by atoms with Crippen LogP contribution in [0.2, 0.25) is 0 Å². The molecule has 2 fully saturated rings. The fourth-order valence-electron chi connectivity index (χ4n) is 3.29. The average molecular weight is 249 g/mol. The molecule has 1 unspecified atom stereocenters. The van der Waals surface area contributed by atoms with E-state index in [0.29, 0.717) is 25.9 Å². The van der Waals surface area contributed by atoms with Gasteiger partial charge < -0.3 is 15.1 Å². The summed E-state index contributed by atoms with van der Waals surface area (Å²) in [6.45, 7) is 1.05. The van der Waals surface area contributed by atoms with Crippen LogP contribution in [0.4, 0.5) is 8.78 Å². The molecule has 0 aromatic carbocycles. The molecule has 1 saturated carbocycles. The number of likely N-dealkylation sites (tertiary alicyclic amines) is 1. The summed E-state index contributed by atoms with van der Waals surface area (Å²) in [7, 11) is 1.95. The quantitative estimate of drug-likeness (QED) is 0.774. The minimum Gasteiger partial charge on any atom is -0.396 e. The zero-order valence-corrected chi connectivity index (χ0v) is 10.3. The van der Waals surface area contributed by atoms with E-state index in [2.05, 4.69) is 4.90 Å². The molecule has 2 rings (SSSR count). The number of halogens is 2. The van der Waals surface area contributed by atoms with E-state index in [9.17, 15) is 19.0 Å². The number of piperidine rings is 1. The summed E-state index contributed by atoms with van der Waals surface area (Å²) in [6.07, 6.45) is 0.569. The highest BCUT2D eigenvalue weighted by Crippen LogP contribution is 2.55. The van der Waals surface area contributed by atoms with Gasteiger partial charge in [0.1, 0.15) is 0 Å². The van der Waals surface area contributed by atoms with Gasteiger partial charge in [0, 0.05) is 31.3 Å². The van der Waals surface area contributed by atoms with Gasteiger partial charge in [0.25, 0.3) is 0 Å². The fourth-order valence-corrected chi connectivity index (χ4v) is 3.29. The molecule has 0 spiro atoms. The molecule has 2 aliphatic rings. The van der Waals surface area contributed by atoms with Crippen LogP contribution in [-0.4, -0.2) is 53.4 Å². The first-order valence-electron chi connectivity index (χ1n) is 6.22. The highest BCUT2D eigenvalue weighted by atomic mass is 19.3. The molecule has 100 valence electrons. The lowest BCUT2D eigenvalue weighted by Gasteiger charge is -2.48. The standard InChI is InChI=1S/C12H21F2NO2/c1-15-6-4-11(17,5-7-15)10(9-16)2-3-12(13,14)8-10/h16-17H,2-9H2,1H3. The second kappa shape index (κ2) is 4.14. The number of aliphatic hydroxyl groups excluding tert-OH is 1. The summed E-state index contributed by atoms with van der Waals surface area (Å²) >= 11 is 0. The van der Waals surface area contributed by atoms with Gasteiger partial charge >= 0.3 is 0 Å². The molecule has 1 aliphatic heterocycles. The Morgan fingerprint density at radius 1 is 1.12 bits per heavy atom. The van der Waals surface area contributed by atoms with Crippen LogP contribution in [-0.2, 0) is 0 Å². The molecule has 0 radical (unpaired) electrons. The van der Waals surface area contributed by atoms with E-state index in [1.165, 1.54) is 0 Å². The van der Waals surface area contributed by atoms with Crippen molar-refractivity contribution in [3.8, 4) is 0 Å². The Balaban J connectivity index is 2.18. The zero-order valence-electron chi connectivity index (χ0n) is 10.3. The lowest BCUT2D eigenvalue weighted by Crippen LogP contribution is -2.55. The molecule has 5 heteroatoms. The van der Waals surface area contributed by atoms with Crippen molar-refractivity contribution in [3.63, 3.8) is 0 Å². The molecular formula is C12H21F2NO2. The number of alkyl halides is 2. The number of hydrogen-bond donors (Lipinski definition) is 2. The average Bonchev–Trinajstić information content (AvgIpc) is 2.61. The normalized spacial score (nSPS) is 37.2. The maximum Gasteiger partial charge on any atom is 0.248 e. The van der Waals surface area contributed by atoms with Gasteiger partial charge in [-0.1, -0.05) is 0 Å². The van der Waals surface area contributed by atoms with E-state index in [1.807, 2.05) is 7.05 Å². The van der Waals surface area contributed by atoms with Crippen LogP contribution in [0.3, 0.4) is 0 Å². The van der Waals surface area contributed by atoms with Crippen LogP contribution >= 0.6 is 0 Å². The van der Waals surface area contributed by atoms with E-state index in [1.54, 1.807) is 0 Å². The van der Waals surface area contributed by atoms with Crippen LogP contribution in [0, 0.1) is 5.41 Å². The van der Waals surface area contributed by atoms with Gasteiger partial charge in [-0.3, -0.25) is 0 Å². The summed E-state index contributed by atoms with van der Waals surface area (Å²) in [6, 6.07) is 0. The van der Waals surface area contributed by atoms with Crippen LogP contribution in [0.25, 0.3) is 0 Å². The lowest BCUT2D eigenvalue weighted by molar-refractivity contribution is -0.148. The second-order valence-electron chi connectivity index (χ2n) is 5.81. The molecule has 0 aromatic heterocycles. The van der Waals surface area contributed by atoms with E-state index in [4.69, 9.17) is 0 Å². The van der Waals surface area contributed by atoms with Crippen LogP contribution in [0.5, 0.6) is 0 Å². The van der Waals surface area contributed by atoms with Crippen molar-refractivity contribution in [3.05, 3.63) is 0 Å². The van der Waals surface area contributed by atoms with E-state index in [-0.39, 0.29) is 25.9 Å². The van der Waals surface area contributed by atoms with Crippen molar-refractivity contribution in [1.29, 1.82) is 0 Å². The first-order chi connectivity index (χ1) is 7.83. The molecule has 1 aliphatic carbocycles. The second-order valence-corrected chi connectivity index (χ2v) is 5.81. The predicted molar refractivity (Wildman–Crippen MR) is 60.0 cm³/mol. The van der Waals surface area contributed by atoms with E-state index in [0.717, 1.165) is 0 Å². The number of nitrogens with zero attached hydrogens (tertiary/aromatic N) is 1. The van der Waals surface area contributed by atoms with E-state index < -0.39 is 16.9 Å². The zero-order chi connectivity index (χ0) is 12.7. The van der Waals surface area contributed by atoms with Crippen LogP contribution in [0.1, 0.15) is 32.1 Å². The third-order valence-corrected chi connectivity index (χ3v) is 4.67. The van der Waals surface area contributed by atoms with Crippen LogP contribution < -0.4 is 0 Å². The van der Waals surface area contributed by atoms with Gasteiger partial charge in [-0.05, 0) is 26.3 Å². The monoisotopic (exact) mass is 249 g/mol. The summed E-state index contributed by atoms with van der Waals surface area (Å²) < 4.78 is 26.8. The van der Waals surface area contributed by atoms with Crippen molar-refractivity contribution < 1.29 is 19.0 Å². The molecule has 1 atom stereocenters. The Bertz CT molecular complexity index is 290. The molecule has 0 aromatic rings. The third-order valence-electron chi connectivity index (χ3n) is 4.67. The number of rotatable bonds is 2. The number of aliphatic hydroxyl groups is 2. The maximum absolute atomic E-state index is 13.4. The Kier molecular flexibility index (Phi) is 3.21. The van der Waals surface area contributed by atoms with Crippen molar-refractivity contribution in [2.45, 2.75) is 43.6 Å². The summed E-state index contributed by atoms with van der Waals surface area (Å²) in [5.74, 6) is -2.73. The van der Waals surface area contributed by atoms with Gasteiger partial charge in [0.05, 0.1) is 12.2 Å². The molecule has 3 nitrogen and oxygen atoms in total. The van der Waals surface area contributed by atoms with Crippen LogP contribution in [0.15, 0.2) is 0 Å². The fraction of sp³-hybridized carbons (Fsp3) is 1.00. The van der Waals surface area contributed by atoms with Gasteiger partial charge in [-0.15, -0.1) is 0 Å². The first-order valence-corrected chi connectivity index (χ1v) is 6.22. The third kappa shape index (κ3) is 2.20. The van der Waals surface area contributed by atoms with Gasteiger partial charge in [-0.25, -0.2) is 8.78 Å². The molecule has 1 heterocycles. The van der Waals surface area contributed by atoms with Gasteiger partial charge in [0.15, 0.2) is 0 Å². The minimum atomic E-state index is -2.73. The highest BCUT2D eigenvalue weighted by Gasteiger charge is 2.59. The Morgan fingerprint density at radius 2 is 1.71 bits per heavy atom. The lowest BCUT2D eigenvalue weighted by atomic mass is 9.66. The van der Waals surface area contributed by atoms with E-state index >= 15 is 0 Å². The summed E-state index contributed by atoms with van der Waals surface area (Å²) in [5.41, 5.74) is -2.13. The van der Waals surface area contributed by atoms with Crippen molar-refractivity contribution >= 4 is 0 Å². The minimum absolute atomic E-state index is 0.217. The Labute approximate surface area is 100 Å². The summed E-state index contributed by atoms with van der Waals surface area (Å²) in [5, 5.41) is 20.2. The molecule has 0 bridgehead atoms. The number of hydrogen-bond acceptors (Lipinski definition) is 3.